The van der Waals surface area contributed by atoms with Crippen molar-refractivity contribution in [1.29, 1.82) is 0 Å². The minimum atomic E-state index is -0.509. The van der Waals surface area contributed by atoms with Gasteiger partial charge in [-0.05, 0) is 139 Å². The first-order valence-electron chi connectivity index (χ1n) is 26.9. The van der Waals surface area contributed by atoms with Crippen molar-refractivity contribution < 1.29 is 9.59 Å². The minimum Gasteiger partial charge on any atom is -0.278 e. The van der Waals surface area contributed by atoms with Crippen molar-refractivity contribution >= 4 is 34.1 Å². The summed E-state index contributed by atoms with van der Waals surface area (Å²) in [7, 11) is 0. The van der Waals surface area contributed by atoms with Gasteiger partial charge in [-0.3, -0.25) is 14.5 Å². The molecule has 0 atom stereocenters. The molecule has 0 aliphatic heterocycles. The van der Waals surface area contributed by atoms with Crippen LogP contribution in [-0.2, 0) is 41.7 Å². The fraction of sp³-hybridized carbons (Fsp3) is 0.524. The van der Waals surface area contributed by atoms with Gasteiger partial charge in [0, 0.05) is 11.4 Å². The Morgan fingerprint density at radius 3 is 0.836 bits per heavy atom. The molecule has 4 aromatic rings. The number of nitrogens with zero attached hydrogens (tertiary/aromatic N) is 1. The molecule has 0 unspecified atom stereocenters. The van der Waals surface area contributed by atoms with Crippen LogP contribution < -0.4 is 4.90 Å². The molecule has 368 valence electrons. The second kappa shape index (κ2) is 39.8. The Bertz CT molecular complexity index is 1710. The van der Waals surface area contributed by atoms with Gasteiger partial charge in [0.1, 0.15) is 0 Å². The van der Waals surface area contributed by atoms with Gasteiger partial charge in [0.25, 0.3) is 5.91 Å². The van der Waals surface area contributed by atoms with E-state index in [4.69, 9.17) is 11.6 Å². The van der Waals surface area contributed by atoms with Gasteiger partial charge in [0.15, 0.2) is 0 Å². The second-order valence-corrected chi connectivity index (χ2v) is 19.0. The van der Waals surface area contributed by atoms with Crippen LogP contribution in [0, 0.1) is 0 Å². The molecule has 0 aliphatic rings. The number of hydrogen-bond acceptors (Lipinski definition) is 2. The number of anilines is 2. The highest BCUT2D eigenvalue weighted by Gasteiger charge is 2.15. The minimum absolute atomic E-state index is 0.0950. The van der Waals surface area contributed by atoms with Crippen LogP contribution in [0.3, 0.4) is 0 Å². The maximum atomic E-state index is 12.7. The van der Waals surface area contributed by atoms with Gasteiger partial charge in [-0.1, -0.05) is 242 Å². The highest BCUT2D eigenvalue weighted by Crippen LogP contribution is 2.28. The van der Waals surface area contributed by atoms with Gasteiger partial charge < -0.3 is 0 Å². The topological polar surface area (TPSA) is 37.4 Å². The molecular formula is C63H92ClNO2. The Morgan fingerprint density at radius 1 is 0.373 bits per heavy atom. The molecule has 0 heterocycles. The zero-order valence-corrected chi connectivity index (χ0v) is 43.7. The Balaban J connectivity index is 0.000000420. The number of aryl methyl sites for hydroxylation is 4. The molecule has 0 spiro atoms. The van der Waals surface area contributed by atoms with E-state index >= 15 is 0 Å². The monoisotopic (exact) mass is 930 g/mol. The highest BCUT2D eigenvalue weighted by molar-refractivity contribution is 6.66. The summed E-state index contributed by atoms with van der Waals surface area (Å²) in [4.78, 5) is 23.9. The number of benzene rings is 4. The van der Waals surface area contributed by atoms with E-state index in [1.807, 2.05) is 0 Å². The largest absolute Gasteiger partial charge is 0.278 e. The van der Waals surface area contributed by atoms with Gasteiger partial charge in [-0.2, -0.15) is 0 Å². The fourth-order valence-electron chi connectivity index (χ4n) is 8.44. The summed E-state index contributed by atoms with van der Waals surface area (Å²) < 4.78 is 0. The molecule has 4 rings (SSSR count). The van der Waals surface area contributed by atoms with Crippen LogP contribution in [0.5, 0.6) is 0 Å². The van der Waals surface area contributed by atoms with Gasteiger partial charge in [0.2, 0.25) is 5.24 Å². The molecule has 1 amide bonds. The molecule has 0 fully saturated rings. The predicted molar refractivity (Wildman–Crippen MR) is 295 cm³/mol. The maximum Gasteiger partial charge on any atom is 0.254 e. The van der Waals surface area contributed by atoms with E-state index in [9.17, 15) is 9.59 Å². The molecule has 0 bridgehead atoms. The lowest BCUT2D eigenvalue weighted by atomic mass is 9.99. The second-order valence-electron chi connectivity index (χ2n) is 18.6. The predicted octanol–water partition coefficient (Wildman–Crippen LogP) is 19.4. The van der Waals surface area contributed by atoms with Crippen LogP contribution in [0.1, 0.15) is 215 Å². The van der Waals surface area contributed by atoms with E-state index in [0.29, 0.717) is 0 Å². The first kappa shape index (κ1) is 58.9. The van der Waals surface area contributed by atoms with Crippen LogP contribution in [0.4, 0.5) is 11.4 Å². The van der Waals surface area contributed by atoms with Crippen molar-refractivity contribution in [3.05, 3.63) is 156 Å². The molecular weight excluding hydrogens is 838 g/mol. The standard InChI is InChI=1S/C31H45NO.C29H44.C3H3ClO/c1-4-7-9-11-13-15-17-27-19-23-29(24-20-27)32(31(33)6-3)30-25-21-28(22-26-30)18-16-14-12-10-8-5-2;1-3-5-7-9-11-13-15-26-17-21-28(22-18-26)25-29-23-19-27(20-24-29)16-14-12-10-8-6-4-2;1-2-3(4)5/h6,19-26H,3-5,7-18H2,1-2H3;17-24H,3-16,25H2,1-2H3;2H,1H2. The van der Waals surface area contributed by atoms with E-state index in [-0.39, 0.29) is 5.91 Å². The van der Waals surface area contributed by atoms with Crippen molar-refractivity contribution in [3.8, 4) is 0 Å². The molecule has 0 saturated heterocycles. The number of carbonyl (C=O) groups excluding carboxylic acids is 2. The summed E-state index contributed by atoms with van der Waals surface area (Å²) in [6.45, 7) is 15.9. The van der Waals surface area contributed by atoms with Crippen molar-refractivity contribution in [1.82, 2.24) is 0 Å². The Morgan fingerprint density at radius 2 is 0.597 bits per heavy atom. The fourth-order valence-corrected chi connectivity index (χ4v) is 8.44. The van der Waals surface area contributed by atoms with Crippen molar-refractivity contribution in [3.63, 3.8) is 0 Å². The van der Waals surface area contributed by atoms with E-state index in [0.717, 1.165) is 36.7 Å². The first-order valence-corrected chi connectivity index (χ1v) is 27.3. The van der Waals surface area contributed by atoms with Crippen LogP contribution >= 0.6 is 11.6 Å². The normalized spacial score (nSPS) is 10.6. The van der Waals surface area contributed by atoms with E-state index in [1.54, 1.807) is 4.90 Å². The molecule has 67 heavy (non-hydrogen) atoms. The van der Waals surface area contributed by atoms with Crippen molar-refractivity contribution in [2.45, 2.75) is 214 Å². The summed E-state index contributed by atoms with van der Waals surface area (Å²) in [6.07, 6.45) is 40.4. The van der Waals surface area contributed by atoms with Gasteiger partial charge in [0.05, 0.1) is 0 Å². The zero-order chi connectivity index (χ0) is 48.6. The number of unbranched alkanes of at least 4 members (excludes halogenated alkanes) is 20. The molecule has 0 aromatic heterocycles. The lowest BCUT2D eigenvalue weighted by Crippen LogP contribution is -2.23. The summed E-state index contributed by atoms with van der Waals surface area (Å²) >= 11 is 4.71. The van der Waals surface area contributed by atoms with E-state index in [2.05, 4.69) is 138 Å². The molecule has 4 aromatic carbocycles. The molecule has 4 heteroatoms. The van der Waals surface area contributed by atoms with Crippen molar-refractivity contribution in [2.24, 2.45) is 0 Å². The number of halogens is 1. The average molecular weight is 931 g/mol. The third kappa shape index (κ3) is 28.7. The average Bonchev–Trinajstić information content (AvgIpc) is 3.35. The molecule has 0 N–H and O–H groups in total. The Hall–Kier alpha value is -4.21. The van der Waals surface area contributed by atoms with E-state index in [1.165, 1.54) is 206 Å². The van der Waals surface area contributed by atoms with Gasteiger partial charge in [-0.25, -0.2) is 0 Å². The number of carbonyl (C=O) groups is 2. The number of amides is 1. The van der Waals surface area contributed by atoms with Crippen LogP contribution in [0.2, 0.25) is 0 Å². The third-order valence-electron chi connectivity index (χ3n) is 12.7. The van der Waals surface area contributed by atoms with Gasteiger partial charge >= 0.3 is 0 Å². The first-order chi connectivity index (χ1) is 32.8. The number of rotatable bonds is 34. The van der Waals surface area contributed by atoms with Crippen LogP contribution in [0.25, 0.3) is 0 Å². The third-order valence-corrected chi connectivity index (χ3v) is 12.8. The van der Waals surface area contributed by atoms with Crippen LogP contribution in [0.15, 0.2) is 122 Å². The molecule has 0 aliphatic carbocycles. The smallest absolute Gasteiger partial charge is 0.254 e. The summed E-state index contributed by atoms with van der Waals surface area (Å²) in [5, 5.41) is -0.509. The SMILES string of the molecule is C=CC(=O)Cl.C=CC(=O)N(c1ccc(CCCCCCCC)cc1)c1ccc(CCCCCCCC)cc1.CCCCCCCCc1ccc(Cc2ccc(CCCCCCCC)cc2)cc1. The zero-order valence-electron chi connectivity index (χ0n) is 43.0. The molecule has 0 radical (unpaired) electrons. The summed E-state index contributed by atoms with van der Waals surface area (Å²) in [6, 6.07) is 35.6. The number of allylic oxidation sites excluding steroid dienone is 1. The lowest BCUT2D eigenvalue weighted by molar-refractivity contribution is -0.113. The Kier molecular flexibility index (Phi) is 35.0. The van der Waals surface area contributed by atoms with E-state index < -0.39 is 5.24 Å². The highest BCUT2D eigenvalue weighted by atomic mass is 35.5. The lowest BCUT2D eigenvalue weighted by Gasteiger charge is -2.22. The summed E-state index contributed by atoms with van der Waals surface area (Å²) in [5.41, 5.74) is 10.3. The molecule has 0 saturated carbocycles. The molecule has 3 nitrogen and oxygen atoms in total. The summed E-state index contributed by atoms with van der Waals surface area (Å²) in [5.74, 6) is -0.0950. The maximum absolute atomic E-state index is 12.7. The Labute approximate surface area is 416 Å². The number of hydrogen-bond donors (Lipinski definition) is 0. The quantitative estimate of drug-likeness (QED) is 0.0266. The van der Waals surface area contributed by atoms with Gasteiger partial charge in [-0.15, -0.1) is 0 Å². The van der Waals surface area contributed by atoms with Crippen molar-refractivity contribution in [2.75, 3.05) is 4.90 Å². The van der Waals surface area contributed by atoms with Crippen LogP contribution in [-0.4, -0.2) is 11.1 Å².